The van der Waals surface area contributed by atoms with Gasteiger partial charge < -0.3 is 10.2 Å². The third-order valence-electron chi connectivity index (χ3n) is 3.31. The van der Waals surface area contributed by atoms with Crippen LogP contribution in [0.2, 0.25) is 0 Å². The second-order valence-corrected chi connectivity index (χ2v) is 4.70. The lowest BCUT2D eigenvalue weighted by Crippen LogP contribution is -2.33. The molecule has 0 saturated carbocycles. The van der Waals surface area contributed by atoms with Gasteiger partial charge in [0, 0.05) is 30.9 Å². The summed E-state index contributed by atoms with van der Waals surface area (Å²) in [5.41, 5.74) is 1.59. The molecule has 102 valence electrons. The summed E-state index contributed by atoms with van der Waals surface area (Å²) in [6, 6.07) is 4.59. The van der Waals surface area contributed by atoms with Gasteiger partial charge in [0.15, 0.2) is 0 Å². The van der Waals surface area contributed by atoms with Crippen molar-refractivity contribution in [3.05, 3.63) is 33.9 Å². The highest BCUT2D eigenvalue weighted by molar-refractivity contribution is 5.81. The number of non-ortho nitro benzene ring substituents is 1. The summed E-state index contributed by atoms with van der Waals surface area (Å²) in [7, 11) is 0. The summed E-state index contributed by atoms with van der Waals surface area (Å²) in [4.78, 5) is 23.9. The average molecular weight is 263 g/mol. The van der Waals surface area contributed by atoms with Gasteiger partial charge in [-0.3, -0.25) is 14.9 Å². The number of likely N-dealkylation sites (tertiary alicyclic amines) is 1. The number of nitrogens with zero attached hydrogens (tertiary/aromatic N) is 2. The van der Waals surface area contributed by atoms with E-state index in [1.165, 1.54) is 12.1 Å². The second-order valence-electron chi connectivity index (χ2n) is 4.70. The van der Waals surface area contributed by atoms with Gasteiger partial charge in [0.2, 0.25) is 5.91 Å². The molecule has 0 spiro atoms. The zero-order chi connectivity index (χ0) is 13.8. The first kappa shape index (κ1) is 13.3. The molecule has 0 aromatic heterocycles. The maximum absolute atomic E-state index is 11.9. The zero-order valence-electron chi connectivity index (χ0n) is 10.9. The largest absolute Gasteiger partial charge is 0.376 e. The van der Waals surface area contributed by atoms with Crippen LogP contribution in [0.3, 0.4) is 0 Å². The molecule has 1 amide bonds. The first-order valence-electron chi connectivity index (χ1n) is 6.34. The van der Waals surface area contributed by atoms with Gasteiger partial charge in [0.1, 0.15) is 0 Å². The van der Waals surface area contributed by atoms with Crippen molar-refractivity contribution in [2.45, 2.75) is 19.8 Å². The van der Waals surface area contributed by atoms with E-state index >= 15 is 0 Å². The number of nitro benzene ring substituents is 1. The van der Waals surface area contributed by atoms with E-state index in [0.29, 0.717) is 0 Å². The van der Waals surface area contributed by atoms with Crippen molar-refractivity contribution in [2.24, 2.45) is 0 Å². The van der Waals surface area contributed by atoms with Crippen LogP contribution in [0.25, 0.3) is 0 Å². The lowest BCUT2D eigenvalue weighted by Gasteiger charge is -2.16. The fourth-order valence-corrected chi connectivity index (χ4v) is 2.21. The van der Waals surface area contributed by atoms with Gasteiger partial charge in [-0.1, -0.05) is 0 Å². The molecule has 0 radical (unpaired) electrons. The first-order chi connectivity index (χ1) is 9.08. The molecule has 1 aliphatic heterocycles. The molecule has 2 rings (SSSR count). The number of nitro groups is 1. The molecular formula is C13H17N3O3. The highest BCUT2D eigenvalue weighted by Gasteiger charge is 2.17. The van der Waals surface area contributed by atoms with E-state index in [1.807, 2.05) is 4.90 Å². The van der Waals surface area contributed by atoms with Crippen LogP contribution in [-0.2, 0) is 4.79 Å². The number of hydrogen-bond donors (Lipinski definition) is 1. The average Bonchev–Trinajstić information content (AvgIpc) is 2.90. The summed E-state index contributed by atoms with van der Waals surface area (Å²) in [6.07, 6.45) is 2.14. The monoisotopic (exact) mass is 263 g/mol. The summed E-state index contributed by atoms with van der Waals surface area (Å²) in [5, 5.41) is 13.7. The van der Waals surface area contributed by atoms with E-state index in [-0.39, 0.29) is 18.1 Å². The van der Waals surface area contributed by atoms with E-state index in [1.54, 1.807) is 13.0 Å². The van der Waals surface area contributed by atoms with Crippen molar-refractivity contribution >= 4 is 17.3 Å². The fraction of sp³-hybridized carbons (Fsp3) is 0.462. The molecule has 0 aliphatic carbocycles. The molecular weight excluding hydrogens is 246 g/mol. The molecule has 1 saturated heterocycles. The predicted molar refractivity (Wildman–Crippen MR) is 72.1 cm³/mol. The fourth-order valence-electron chi connectivity index (χ4n) is 2.21. The van der Waals surface area contributed by atoms with Crippen LogP contribution in [-0.4, -0.2) is 35.4 Å². The van der Waals surface area contributed by atoms with Crippen LogP contribution < -0.4 is 5.32 Å². The Labute approximate surface area is 111 Å². The van der Waals surface area contributed by atoms with Crippen molar-refractivity contribution in [3.63, 3.8) is 0 Å². The highest BCUT2D eigenvalue weighted by Crippen LogP contribution is 2.21. The third kappa shape index (κ3) is 3.21. The molecule has 1 aliphatic rings. The Hall–Kier alpha value is -2.11. The molecule has 0 unspecified atom stereocenters. The Morgan fingerprint density at radius 1 is 1.42 bits per heavy atom. The maximum atomic E-state index is 11.9. The molecule has 0 atom stereocenters. The molecule has 19 heavy (non-hydrogen) atoms. The number of anilines is 1. The summed E-state index contributed by atoms with van der Waals surface area (Å²) < 4.78 is 0. The van der Waals surface area contributed by atoms with Gasteiger partial charge in [0.05, 0.1) is 11.5 Å². The number of carbonyl (C=O) groups excluding carboxylic acids is 1. The van der Waals surface area contributed by atoms with E-state index in [0.717, 1.165) is 37.2 Å². The van der Waals surface area contributed by atoms with Crippen molar-refractivity contribution in [3.8, 4) is 0 Å². The van der Waals surface area contributed by atoms with Crippen LogP contribution in [0, 0.1) is 17.0 Å². The molecule has 6 nitrogen and oxygen atoms in total. The van der Waals surface area contributed by atoms with Crippen molar-refractivity contribution in [1.82, 2.24) is 4.90 Å². The minimum Gasteiger partial charge on any atom is -0.376 e. The molecule has 6 heteroatoms. The summed E-state index contributed by atoms with van der Waals surface area (Å²) in [5.74, 6) is 0.0789. The van der Waals surface area contributed by atoms with Gasteiger partial charge in [-0.2, -0.15) is 0 Å². The zero-order valence-corrected chi connectivity index (χ0v) is 10.9. The van der Waals surface area contributed by atoms with E-state index in [2.05, 4.69) is 5.32 Å². The predicted octanol–water partition coefficient (Wildman–Crippen LogP) is 1.94. The highest BCUT2D eigenvalue weighted by atomic mass is 16.6. The van der Waals surface area contributed by atoms with Crippen LogP contribution >= 0.6 is 0 Å². The Bertz CT molecular complexity index is 496. The number of carbonyl (C=O) groups is 1. The minimum absolute atomic E-state index is 0.0638. The maximum Gasteiger partial charge on any atom is 0.269 e. The number of aryl methyl sites for hydroxylation is 1. The Kier molecular flexibility index (Phi) is 3.99. The number of hydrogen-bond acceptors (Lipinski definition) is 4. The van der Waals surface area contributed by atoms with Gasteiger partial charge in [-0.05, 0) is 31.4 Å². The van der Waals surface area contributed by atoms with Crippen molar-refractivity contribution < 1.29 is 9.72 Å². The van der Waals surface area contributed by atoms with Crippen LogP contribution in [0.1, 0.15) is 18.4 Å². The van der Waals surface area contributed by atoms with Crippen LogP contribution in [0.4, 0.5) is 11.4 Å². The minimum atomic E-state index is -0.424. The van der Waals surface area contributed by atoms with Crippen molar-refractivity contribution in [2.75, 3.05) is 25.0 Å². The van der Waals surface area contributed by atoms with Gasteiger partial charge >= 0.3 is 0 Å². The standard InChI is InChI=1S/C13H17N3O3/c1-10-8-11(16(18)19)4-5-12(10)14-9-13(17)15-6-2-3-7-15/h4-5,8,14H,2-3,6-7,9H2,1H3. The number of benzene rings is 1. The molecule has 1 fully saturated rings. The van der Waals surface area contributed by atoms with E-state index in [4.69, 9.17) is 0 Å². The first-order valence-corrected chi connectivity index (χ1v) is 6.34. The van der Waals surface area contributed by atoms with Gasteiger partial charge in [-0.15, -0.1) is 0 Å². The summed E-state index contributed by atoms with van der Waals surface area (Å²) >= 11 is 0. The van der Waals surface area contributed by atoms with Crippen LogP contribution in [0.5, 0.6) is 0 Å². The molecule has 1 N–H and O–H groups in total. The van der Waals surface area contributed by atoms with E-state index < -0.39 is 4.92 Å². The molecule has 1 aromatic rings. The molecule has 1 heterocycles. The van der Waals surface area contributed by atoms with Gasteiger partial charge in [-0.25, -0.2) is 0 Å². The molecule has 0 bridgehead atoms. The number of nitrogens with one attached hydrogen (secondary N) is 1. The topological polar surface area (TPSA) is 75.5 Å². The van der Waals surface area contributed by atoms with Gasteiger partial charge in [0.25, 0.3) is 5.69 Å². The lowest BCUT2D eigenvalue weighted by molar-refractivity contribution is -0.384. The normalized spacial score (nSPS) is 14.5. The van der Waals surface area contributed by atoms with Crippen molar-refractivity contribution in [1.29, 1.82) is 0 Å². The third-order valence-corrected chi connectivity index (χ3v) is 3.31. The lowest BCUT2D eigenvalue weighted by atomic mass is 10.2. The van der Waals surface area contributed by atoms with Crippen LogP contribution in [0.15, 0.2) is 18.2 Å². The Morgan fingerprint density at radius 3 is 2.68 bits per heavy atom. The second kappa shape index (κ2) is 5.69. The SMILES string of the molecule is Cc1cc([N+](=O)[O-])ccc1NCC(=O)N1CCCC1. The molecule has 1 aromatic carbocycles. The van der Waals surface area contributed by atoms with E-state index in [9.17, 15) is 14.9 Å². The summed E-state index contributed by atoms with van der Waals surface area (Å²) in [6.45, 7) is 3.69. The number of amides is 1. The quantitative estimate of drug-likeness (QED) is 0.665. The Morgan fingerprint density at radius 2 is 2.11 bits per heavy atom. The Balaban J connectivity index is 1.95. The smallest absolute Gasteiger partial charge is 0.269 e. The number of rotatable bonds is 4.